The monoisotopic (exact) mass is 224 g/mol. The van der Waals surface area contributed by atoms with Gasteiger partial charge in [-0.25, -0.2) is 4.98 Å². The summed E-state index contributed by atoms with van der Waals surface area (Å²) in [6.07, 6.45) is 0.623. The minimum Gasteiger partial charge on any atom is -0.370 e. The molecule has 0 aliphatic rings. The van der Waals surface area contributed by atoms with Crippen LogP contribution < -0.4 is 5.56 Å². The van der Waals surface area contributed by atoms with Gasteiger partial charge in [0.1, 0.15) is 11.9 Å². The molecule has 1 rings (SSSR count). The number of nitrogens with zero attached hydrogens (tertiary/aromatic N) is 1. The quantitative estimate of drug-likeness (QED) is 0.833. The molecular formula is C12H20N2O2. The second kappa shape index (κ2) is 5.80. The number of hydrogen-bond donors (Lipinski definition) is 1. The number of aromatic nitrogens is 2. The number of ether oxygens (including phenoxy) is 1. The van der Waals surface area contributed by atoms with Crippen molar-refractivity contribution in [3.63, 3.8) is 0 Å². The lowest BCUT2D eigenvalue weighted by Gasteiger charge is -2.20. The van der Waals surface area contributed by atoms with Crippen LogP contribution in [0, 0.1) is 5.92 Å². The van der Waals surface area contributed by atoms with Crippen molar-refractivity contribution in [1.29, 1.82) is 0 Å². The van der Waals surface area contributed by atoms with Crippen LogP contribution in [0.1, 0.15) is 45.3 Å². The minimum atomic E-state index is -0.135. The molecule has 0 saturated heterocycles. The highest BCUT2D eigenvalue weighted by atomic mass is 16.5. The van der Waals surface area contributed by atoms with Crippen molar-refractivity contribution in [2.75, 3.05) is 6.61 Å². The van der Waals surface area contributed by atoms with Crippen LogP contribution in [0.3, 0.4) is 0 Å². The van der Waals surface area contributed by atoms with E-state index in [0.717, 1.165) is 12.1 Å². The van der Waals surface area contributed by atoms with Crippen molar-refractivity contribution in [1.82, 2.24) is 9.97 Å². The molecule has 0 radical (unpaired) electrons. The molecule has 0 aliphatic heterocycles. The third-order valence-electron chi connectivity index (χ3n) is 2.40. The molecule has 16 heavy (non-hydrogen) atoms. The smallest absolute Gasteiger partial charge is 0.251 e. The Kier molecular flexibility index (Phi) is 4.68. The summed E-state index contributed by atoms with van der Waals surface area (Å²) in [6.45, 7) is 8.65. The molecule has 0 aliphatic carbocycles. The van der Waals surface area contributed by atoms with E-state index in [1.165, 1.54) is 6.07 Å². The Morgan fingerprint density at radius 3 is 2.62 bits per heavy atom. The van der Waals surface area contributed by atoms with Gasteiger partial charge in [-0.15, -0.1) is 0 Å². The normalized spacial score (nSPS) is 13.1. The average molecular weight is 224 g/mol. The zero-order valence-electron chi connectivity index (χ0n) is 10.4. The maximum absolute atomic E-state index is 11.5. The molecule has 4 nitrogen and oxygen atoms in total. The van der Waals surface area contributed by atoms with Crippen molar-refractivity contribution in [2.45, 2.75) is 40.2 Å². The summed E-state index contributed by atoms with van der Waals surface area (Å²) in [5, 5.41) is 0. The summed E-state index contributed by atoms with van der Waals surface area (Å²) in [7, 11) is 0. The molecule has 1 heterocycles. The molecule has 0 aromatic carbocycles. The van der Waals surface area contributed by atoms with E-state index in [2.05, 4.69) is 23.8 Å². The maximum atomic E-state index is 11.5. The summed E-state index contributed by atoms with van der Waals surface area (Å²) in [4.78, 5) is 18.6. The van der Waals surface area contributed by atoms with Crippen molar-refractivity contribution < 1.29 is 4.74 Å². The number of nitrogens with one attached hydrogen (secondary N) is 1. The van der Waals surface area contributed by atoms with Gasteiger partial charge < -0.3 is 9.72 Å². The van der Waals surface area contributed by atoms with Gasteiger partial charge >= 0.3 is 0 Å². The van der Waals surface area contributed by atoms with Gasteiger partial charge in [0.25, 0.3) is 5.56 Å². The van der Waals surface area contributed by atoms with E-state index < -0.39 is 0 Å². The summed E-state index contributed by atoms with van der Waals surface area (Å²) in [5.74, 6) is 0.927. The number of aryl methyl sites for hydroxylation is 1. The van der Waals surface area contributed by atoms with Gasteiger partial charge in [0.15, 0.2) is 0 Å². The van der Waals surface area contributed by atoms with Gasteiger partial charge in [-0.2, -0.15) is 0 Å². The Morgan fingerprint density at radius 2 is 2.12 bits per heavy atom. The molecule has 0 fully saturated rings. The summed E-state index contributed by atoms with van der Waals surface area (Å²) in [5.41, 5.74) is 0.705. The first-order valence-corrected chi connectivity index (χ1v) is 5.80. The third-order valence-corrected chi connectivity index (χ3v) is 2.40. The van der Waals surface area contributed by atoms with Crippen LogP contribution in [0.25, 0.3) is 0 Å². The first kappa shape index (κ1) is 12.9. The van der Waals surface area contributed by atoms with Crippen molar-refractivity contribution >= 4 is 0 Å². The van der Waals surface area contributed by atoms with Crippen LogP contribution in [0.15, 0.2) is 10.9 Å². The van der Waals surface area contributed by atoms with E-state index in [4.69, 9.17) is 4.74 Å². The van der Waals surface area contributed by atoms with E-state index in [9.17, 15) is 4.79 Å². The van der Waals surface area contributed by atoms with E-state index in [1.807, 2.05) is 13.8 Å². The minimum absolute atomic E-state index is 0.104. The van der Waals surface area contributed by atoms with E-state index in [-0.39, 0.29) is 17.6 Å². The molecule has 1 aromatic heterocycles. The SMILES string of the molecule is CCOC(c1nc(CC)cc(=O)[nH]1)C(C)C. The Bertz CT molecular complexity index is 385. The lowest BCUT2D eigenvalue weighted by molar-refractivity contribution is 0.0229. The van der Waals surface area contributed by atoms with Gasteiger partial charge in [-0.3, -0.25) is 4.79 Å². The maximum Gasteiger partial charge on any atom is 0.251 e. The second-order valence-corrected chi connectivity index (χ2v) is 4.10. The van der Waals surface area contributed by atoms with Crippen molar-refractivity contribution in [2.24, 2.45) is 5.92 Å². The molecule has 0 spiro atoms. The average Bonchev–Trinajstić information content (AvgIpc) is 2.24. The Hall–Kier alpha value is -1.16. The van der Waals surface area contributed by atoms with Crippen LogP contribution in [0.2, 0.25) is 0 Å². The predicted molar refractivity (Wildman–Crippen MR) is 63.4 cm³/mol. The molecule has 0 amide bonds. The first-order valence-electron chi connectivity index (χ1n) is 5.80. The summed E-state index contributed by atoms with van der Waals surface area (Å²) >= 11 is 0. The molecule has 1 atom stereocenters. The van der Waals surface area contributed by atoms with Gasteiger partial charge in [0, 0.05) is 18.4 Å². The molecular weight excluding hydrogens is 204 g/mol. The lowest BCUT2D eigenvalue weighted by Crippen LogP contribution is -2.20. The topological polar surface area (TPSA) is 55.0 Å². The molecule has 0 saturated carbocycles. The van der Waals surface area contributed by atoms with Crippen LogP contribution in [0.5, 0.6) is 0 Å². The predicted octanol–water partition coefficient (Wildman–Crippen LogP) is 2.07. The van der Waals surface area contributed by atoms with Crippen LogP contribution >= 0.6 is 0 Å². The fourth-order valence-electron chi connectivity index (χ4n) is 1.61. The molecule has 0 bridgehead atoms. The molecule has 1 N–H and O–H groups in total. The summed E-state index contributed by atoms with van der Waals surface area (Å²) < 4.78 is 5.61. The van der Waals surface area contributed by atoms with Crippen molar-refractivity contribution in [3.05, 3.63) is 27.9 Å². The molecule has 1 aromatic rings. The number of rotatable bonds is 5. The summed E-state index contributed by atoms with van der Waals surface area (Å²) in [6, 6.07) is 1.53. The Balaban J connectivity index is 3.08. The zero-order valence-corrected chi connectivity index (χ0v) is 10.4. The highest BCUT2D eigenvalue weighted by Crippen LogP contribution is 2.21. The van der Waals surface area contributed by atoms with Gasteiger partial charge in [0.2, 0.25) is 0 Å². The van der Waals surface area contributed by atoms with Crippen LogP contribution in [-0.4, -0.2) is 16.6 Å². The van der Waals surface area contributed by atoms with Crippen molar-refractivity contribution in [3.8, 4) is 0 Å². The van der Waals surface area contributed by atoms with Crippen LogP contribution in [0.4, 0.5) is 0 Å². The highest BCUT2D eigenvalue weighted by molar-refractivity contribution is 5.04. The number of H-pyrrole nitrogens is 1. The van der Waals surface area contributed by atoms with E-state index in [0.29, 0.717) is 12.4 Å². The Morgan fingerprint density at radius 1 is 1.44 bits per heavy atom. The molecule has 4 heteroatoms. The Labute approximate surface area is 96.1 Å². The molecule has 1 unspecified atom stereocenters. The largest absolute Gasteiger partial charge is 0.370 e. The highest BCUT2D eigenvalue weighted by Gasteiger charge is 2.18. The van der Waals surface area contributed by atoms with Crippen LogP contribution in [-0.2, 0) is 11.2 Å². The second-order valence-electron chi connectivity index (χ2n) is 4.10. The van der Waals surface area contributed by atoms with Gasteiger partial charge in [0.05, 0.1) is 0 Å². The number of hydrogen-bond acceptors (Lipinski definition) is 3. The fraction of sp³-hybridized carbons (Fsp3) is 0.667. The number of aromatic amines is 1. The van der Waals surface area contributed by atoms with Gasteiger partial charge in [-0.1, -0.05) is 20.8 Å². The van der Waals surface area contributed by atoms with E-state index in [1.54, 1.807) is 0 Å². The zero-order chi connectivity index (χ0) is 12.1. The lowest BCUT2D eigenvalue weighted by atomic mass is 10.1. The standard InChI is InChI=1S/C12H20N2O2/c1-5-9-7-10(15)14-12(13-9)11(8(3)4)16-6-2/h7-8,11H,5-6H2,1-4H3,(H,13,14,15). The third kappa shape index (κ3) is 3.17. The fourth-order valence-corrected chi connectivity index (χ4v) is 1.61. The van der Waals surface area contributed by atoms with Gasteiger partial charge in [-0.05, 0) is 19.3 Å². The van der Waals surface area contributed by atoms with E-state index >= 15 is 0 Å². The first-order chi connectivity index (χ1) is 7.58. The molecule has 90 valence electrons.